The van der Waals surface area contributed by atoms with Crippen molar-refractivity contribution in [3.63, 3.8) is 0 Å². The van der Waals surface area contributed by atoms with Crippen molar-refractivity contribution >= 4 is 11.9 Å². The van der Waals surface area contributed by atoms with Gasteiger partial charge in [0.25, 0.3) is 0 Å². The lowest BCUT2D eigenvalue weighted by atomic mass is 10.2. The van der Waals surface area contributed by atoms with Gasteiger partial charge in [0.05, 0.1) is 0 Å². The van der Waals surface area contributed by atoms with E-state index in [0.29, 0.717) is 0 Å². The molecule has 0 atom stereocenters. The highest BCUT2D eigenvalue weighted by Crippen LogP contribution is 2.08. The second-order valence-electron chi connectivity index (χ2n) is 6.60. The van der Waals surface area contributed by atoms with Crippen LogP contribution in [0.4, 0.5) is 0 Å². The summed E-state index contributed by atoms with van der Waals surface area (Å²) in [6.07, 6.45) is 1.04. The molecule has 1 saturated heterocycles. The first-order valence-corrected chi connectivity index (χ1v) is 9.10. The molecule has 2 rings (SSSR count). The predicted octanol–water partition coefficient (Wildman–Crippen LogP) is 1.25. The van der Waals surface area contributed by atoms with E-state index in [-0.39, 0.29) is 12.5 Å². The van der Waals surface area contributed by atoms with E-state index in [2.05, 4.69) is 57.4 Å². The van der Waals surface area contributed by atoms with Gasteiger partial charge in [0.2, 0.25) is 5.91 Å². The molecule has 1 aromatic carbocycles. The molecule has 25 heavy (non-hydrogen) atoms. The van der Waals surface area contributed by atoms with Crippen molar-refractivity contribution in [1.29, 1.82) is 0 Å². The molecule has 0 radical (unpaired) electrons. The number of amides is 1. The Balaban J connectivity index is 1.89. The van der Waals surface area contributed by atoms with Crippen LogP contribution in [-0.2, 0) is 11.3 Å². The van der Waals surface area contributed by atoms with Gasteiger partial charge in [-0.3, -0.25) is 9.69 Å². The van der Waals surface area contributed by atoms with E-state index in [0.717, 1.165) is 51.6 Å². The van der Waals surface area contributed by atoms with Crippen molar-refractivity contribution in [2.24, 2.45) is 4.99 Å². The number of carbonyl (C=O) groups excluding carboxylic acids is 1. The average Bonchev–Trinajstić information content (AvgIpc) is 2.63. The maximum Gasteiger partial charge on any atom is 0.243 e. The van der Waals surface area contributed by atoms with Crippen molar-refractivity contribution in [3.05, 3.63) is 35.9 Å². The molecule has 0 spiro atoms. The van der Waals surface area contributed by atoms with Gasteiger partial charge in [0.1, 0.15) is 6.54 Å². The zero-order chi connectivity index (χ0) is 18.1. The van der Waals surface area contributed by atoms with Crippen molar-refractivity contribution < 1.29 is 4.79 Å². The molecule has 0 aliphatic carbocycles. The molecule has 1 aromatic rings. The van der Waals surface area contributed by atoms with Gasteiger partial charge in [0, 0.05) is 53.4 Å². The Bertz CT molecular complexity index is 550. The highest BCUT2D eigenvalue weighted by Gasteiger charge is 2.20. The zero-order valence-electron chi connectivity index (χ0n) is 15.7. The van der Waals surface area contributed by atoms with Gasteiger partial charge in [-0.1, -0.05) is 37.3 Å². The molecule has 0 unspecified atom stereocenters. The fourth-order valence-corrected chi connectivity index (χ4v) is 2.75. The number of carbonyl (C=O) groups is 1. The van der Waals surface area contributed by atoms with Crippen LogP contribution in [-0.4, -0.2) is 79.9 Å². The molecule has 138 valence electrons. The van der Waals surface area contributed by atoms with Gasteiger partial charge >= 0.3 is 0 Å². The van der Waals surface area contributed by atoms with E-state index in [9.17, 15) is 4.79 Å². The van der Waals surface area contributed by atoms with Crippen LogP contribution in [0.1, 0.15) is 18.9 Å². The van der Waals surface area contributed by atoms with Crippen LogP contribution < -0.4 is 5.32 Å². The highest BCUT2D eigenvalue weighted by molar-refractivity contribution is 5.84. The van der Waals surface area contributed by atoms with Crippen LogP contribution in [0.15, 0.2) is 35.3 Å². The number of nitrogens with zero attached hydrogens (tertiary/aromatic N) is 4. The van der Waals surface area contributed by atoms with E-state index in [1.807, 2.05) is 0 Å². The van der Waals surface area contributed by atoms with Crippen LogP contribution in [0.3, 0.4) is 0 Å². The molecule has 1 N–H and O–H groups in total. The molecule has 6 heteroatoms. The molecule has 0 aromatic heterocycles. The molecule has 0 saturated carbocycles. The predicted molar refractivity (Wildman–Crippen MR) is 103 cm³/mol. The molecule has 1 aliphatic heterocycles. The summed E-state index contributed by atoms with van der Waals surface area (Å²) in [5, 5.41) is 3.38. The second-order valence-corrected chi connectivity index (χ2v) is 6.60. The number of hydrogen-bond donors (Lipinski definition) is 1. The minimum Gasteiger partial charge on any atom is -0.356 e. The Kier molecular flexibility index (Phi) is 7.73. The lowest BCUT2D eigenvalue weighted by Crippen LogP contribution is -2.52. The summed E-state index contributed by atoms with van der Waals surface area (Å²) in [7, 11) is 3.53. The first-order chi connectivity index (χ1) is 12.1. The second kappa shape index (κ2) is 10.0. The van der Waals surface area contributed by atoms with Gasteiger partial charge in [-0.15, -0.1) is 0 Å². The lowest BCUT2D eigenvalue weighted by Gasteiger charge is -2.36. The normalized spacial score (nSPS) is 16.0. The van der Waals surface area contributed by atoms with Gasteiger partial charge in [0.15, 0.2) is 5.96 Å². The number of benzene rings is 1. The smallest absolute Gasteiger partial charge is 0.243 e. The molecule has 1 amide bonds. The largest absolute Gasteiger partial charge is 0.356 e. The van der Waals surface area contributed by atoms with E-state index >= 15 is 0 Å². The molecular weight excluding hydrogens is 314 g/mol. The van der Waals surface area contributed by atoms with E-state index in [4.69, 9.17) is 0 Å². The Morgan fingerprint density at radius 1 is 1.16 bits per heavy atom. The number of aliphatic imine (C=N–C) groups is 1. The fourth-order valence-electron chi connectivity index (χ4n) is 2.75. The number of guanidine groups is 1. The standard InChI is InChI=1S/C19H31N5O/c1-4-10-20-19(21-15-18(25)22(2)3)24-13-11-23(12-14-24)16-17-8-6-5-7-9-17/h5-9H,4,10-16H2,1-3H3,(H,20,21). The number of rotatable bonds is 6. The monoisotopic (exact) mass is 345 g/mol. The molecule has 6 nitrogen and oxygen atoms in total. The van der Waals surface area contributed by atoms with E-state index in [1.54, 1.807) is 19.0 Å². The van der Waals surface area contributed by atoms with Crippen LogP contribution in [0, 0.1) is 0 Å². The Labute approximate surface area is 151 Å². The minimum atomic E-state index is 0.0264. The van der Waals surface area contributed by atoms with E-state index < -0.39 is 0 Å². The third-order valence-corrected chi connectivity index (χ3v) is 4.32. The highest BCUT2D eigenvalue weighted by atomic mass is 16.2. The van der Waals surface area contributed by atoms with Crippen LogP contribution >= 0.6 is 0 Å². The zero-order valence-corrected chi connectivity index (χ0v) is 15.7. The third kappa shape index (κ3) is 6.38. The summed E-state index contributed by atoms with van der Waals surface area (Å²) in [5.74, 6) is 0.884. The summed E-state index contributed by atoms with van der Waals surface area (Å²) >= 11 is 0. The summed E-state index contributed by atoms with van der Waals surface area (Å²) in [6.45, 7) is 8.06. The lowest BCUT2D eigenvalue weighted by molar-refractivity contribution is -0.127. The van der Waals surface area contributed by atoms with Gasteiger partial charge in [-0.25, -0.2) is 4.99 Å². The summed E-state index contributed by atoms with van der Waals surface area (Å²) in [4.78, 5) is 22.7. The van der Waals surface area contributed by atoms with Crippen LogP contribution in [0.5, 0.6) is 0 Å². The van der Waals surface area contributed by atoms with Crippen molar-refractivity contribution in [1.82, 2.24) is 20.0 Å². The topological polar surface area (TPSA) is 51.2 Å². The molecular formula is C19H31N5O. The third-order valence-electron chi connectivity index (χ3n) is 4.32. The number of likely N-dealkylation sites (N-methyl/N-ethyl adjacent to an activating group) is 1. The maximum absolute atomic E-state index is 11.8. The number of hydrogen-bond acceptors (Lipinski definition) is 3. The van der Waals surface area contributed by atoms with Crippen molar-refractivity contribution in [2.75, 3.05) is 53.4 Å². The minimum absolute atomic E-state index is 0.0264. The average molecular weight is 345 g/mol. The molecule has 1 fully saturated rings. The summed E-state index contributed by atoms with van der Waals surface area (Å²) in [5.41, 5.74) is 1.35. The molecule has 1 heterocycles. The quantitative estimate of drug-likeness (QED) is 0.623. The van der Waals surface area contributed by atoms with Crippen molar-refractivity contribution in [3.8, 4) is 0 Å². The van der Waals surface area contributed by atoms with Crippen LogP contribution in [0.25, 0.3) is 0 Å². The SMILES string of the molecule is CCCNC(=NCC(=O)N(C)C)N1CCN(Cc2ccccc2)CC1. The van der Waals surface area contributed by atoms with Gasteiger partial charge in [-0.05, 0) is 12.0 Å². The van der Waals surface area contributed by atoms with Gasteiger partial charge in [-0.2, -0.15) is 0 Å². The Morgan fingerprint density at radius 2 is 1.84 bits per heavy atom. The molecule has 0 bridgehead atoms. The van der Waals surface area contributed by atoms with Crippen molar-refractivity contribution in [2.45, 2.75) is 19.9 Å². The first-order valence-electron chi connectivity index (χ1n) is 9.10. The Morgan fingerprint density at radius 3 is 2.44 bits per heavy atom. The summed E-state index contributed by atoms with van der Waals surface area (Å²) in [6, 6.07) is 10.6. The molecule has 1 aliphatic rings. The van der Waals surface area contributed by atoms with Crippen LogP contribution in [0.2, 0.25) is 0 Å². The fraction of sp³-hybridized carbons (Fsp3) is 0.579. The van der Waals surface area contributed by atoms with Gasteiger partial charge < -0.3 is 15.1 Å². The Hall–Kier alpha value is -2.08. The number of nitrogens with one attached hydrogen (secondary N) is 1. The number of piperazine rings is 1. The first kappa shape index (κ1) is 19.2. The summed E-state index contributed by atoms with van der Waals surface area (Å²) < 4.78 is 0. The maximum atomic E-state index is 11.8. The van der Waals surface area contributed by atoms with E-state index in [1.165, 1.54) is 5.56 Å².